The van der Waals surface area contributed by atoms with Gasteiger partial charge in [0.15, 0.2) is 0 Å². The van der Waals surface area contributed by atoms with Crippen molar-refractivity contribution in [2.45, 2.75) is 40.0 Å². The van der Waals surface area contributed by atoms with Gasteiger partial charge in [-0.25, -0.2) is 0 Å². The predicted octanol–water partition coefficient (Wildman–Crippen LogP) is 3.93. The van der Waals surface area contributed by atoms with Crippen LogP contribution in [0.5, 0.6) is 11.5 Å². The largest absolute Gasteiger partial charge is 0.507 e. The summed E-state index contributed by atoms with van der Waals surface area (Å²) in [5.74, 6) is 0.358. The molecule has 0 bridgehead atoms. The molecule has 0 saturated carbocycles. The van der Waals surface area contributed by atoms with Crippen LogP contribution < -0.4 is 4.74 Å². The lowest BCUT2D eigenvalue weighted by atomic mass is 9.88. The molecule has 3 rings (SSSR count). The molecule has 1 unspecified atom stereocenters. The Morgan fingerprint density at radius 3 is 2.50 bits per heavy atom. The lowest BCUT2D eigenvalue weighted by Crippen LogP contribution is -2.12. The topological polar surface area (TPSA) is 46.5 Å². The lowest BCUT2D eigenvalue weighted by molar-refractivity contribution is -0.133. The number of phenols is 1. The fourth-order valence-corrected chi connectivity index (χ4v) is 3.26. The maximum Gasteiger partial charge on any atom is 0.323 e. The second-order valence-corrected chi connectivity index (χ2v) is 6.05. The minimum Gasteiger partial charge on any atom is -0.507 e. The zero-order valence-electron chi connectivity index (χ0n) is 13.4. The number of fused-ring (bicyclic) bond motifs is 1. The van der Waals surface area contributed by atoms with Crippen LogP contribution >= 0.6 is 0 Å². The molecule has 0 amide bonds. The van der Waals surface area contributed by atoms with Crippen molar-refractivity contribution in [3.63, 3.8) is 0 Å². The van der Waals surface area contributed by atoms with Crippen LogP contribution in [0.15, 0.2) is 24.3 Å². The number of hydrogen-bond acceptors (Lipinski definition) is 3. The number of carbonyl (C=O) groups is 1. The molecule has 22 heavy (non-hydrogen) atoms. The number of benzene rings is 2. The van der Waals surface area contributed by atoms with E-state index in [1.165, 1.54) is 0 Å². The van der Waals surface area contributed by atoms with E-state index in [4.69, 9.17) is 4.74 Å². The van der Waals surface area contributed by atoms with Crippen LogP contribution in [0.4, 0.5) is 0 Å². The summed E-state index contributed by atoms with van der Waals surface area (Å²) in [5.41, 5.74) is 5.57. The van der Waals surface area contributed by atoms with E-state index in [1.807, 2.05) is 52.0 Å². The van der Waals surface area contributed by atoms with Gasteiger partial charge in [-0.15, -0.1) is 0 Å². The van der Waals surface area contributed by atoms with Crippen LogP contribution in [-0.4, -0.2) is 11.1 Å². The number of aromatic hydroxyl groups is 1. The molecule has 1 atom stereocenters. The Morgan fingerprint density at radius 1 is 1.09 bits per heavy atom. The average Bonchev–Trinajstić information content (AvgIpc) is 2.78. The third-order valence-corrected chi connectivity index (χ3v) is 4.31. The van der Waals surface area contributed by atoms with Crippen LogP contribution in [0.1, 0.15) is 46.2 Å². The molecule has 0 spiro atoms. The van der Waals surface area contributed by atoms with Gasteiger partial charge in [0.05, 0.1) is 0 Å². The van der Waals surface area contributed by atoms with Gasteiger partial charge in [-0.3, -0.25) is 4.79 Å². The Labute approximate surface area is 130 Å². The minimum atomic E-state index is -0.404. The van der Waals surface area contributed by atoms with Crippen LogP contribution in [0, 0.1) is 20.8 Å². The molecule has 0 saturated heterocycles. The molecule has 0 radical (unpaired) electrons. The normalized spacial score (nSPS) is 16.5. The third kappa shape index (κ3) is 2.17. The molecule has 1 aliphatic heterocycles. The third-order valence-electron chi connectivity index (χ3n) is 4.31. The first-order valence-corrected chi connectivity index (χ1v) is 7.57. The van der Waals surface area contributed by atoms with Crippen molar-refractivity contribution in [2.24, 2.45) is 0 Å². The number of carbonyl (C=O) groups excluding carboxylic acids is 1. The molecule has 2 aromatic rings. The van der Waals surface area contributed by atoms with E-state index in [9.17, 15) is 9.90 Å². The van der Waals surface area contributed by atoms with Crippen molar-refractivity contribution in [3.05, 3.63) is 57.6 Å². The molecular formula is C19H20O3. The molecule has 3 nitrogen and oxygen atoms in total. The fraction of sp³-hybridized carbons (Fsp3) is 0.316. The van der Waals surface area contributed by atoms with E-state index in [0.29, 0.717) is 11.5 Å². The van der Waals surface area contributed by atoms with Crippen molar-refractivity contribution in [2.75, 3.05) is 0 Å². The molecular weight excluding hydrogens is 276 g/mol. The summed E-state index contributed by atoms with van der Waals surface area (Å²) in [7, 11) is 0. The molecule has 0 aliphatic carbocycles. The van der Waals surface area contributed by atoms with E-state index >= 15 is 0 Å². The average molecular weight is 296 g/mol. The van der Waals surface area contributed by atoms with Crippen molar-refractivity contribution < 1.29 is 14.6 Å². The standard InChI is InChI=1S/C19H20O3/c1-5-13-9-14(8-11(3)17(13)20)16-15-7-10(2)6-12(4)18(15)22-19(16)21/h6-9,16,20H,5H2,1-4H3. The summed E-state index contributed by atoms with van der Waals surface area (Å²) >= 11 is 0. The van der Waals surface area contributed by atoms with Crippen molar-refractivity contribution in [3.8, 4) is 11.5 Å². The van der Waals surface area contributed by atoms with Gasteiger partial charge in [0.25, 0.3) is 0 Å². The van der Waals surface area contributed by atoms with Crippen LogP contribution in [0.2, 0.25) is 0 Å². The van der Waals surface area contributed by atoms with Crippen LogP contribution in [0.25, 0.3) is 0 Å². The van der Waals surface area contributed by atoms with E-state index in [2.05, 4.69) is 0 Å². The fourth-order valence-electron chi connectivity index (χ4n) is 3.26. The Bertz CT molecular complexity index is 775. The Kier molecular flexibility index (Phi) is 3.44. The van der Waals surface area contributed by atoms with E-state index < -0.39 is 5.92 Å². The zero-order chi connectivity index (χ0) is 16.0. The first kappa shape index (κ1) is 14.6. The van der Waals surface area contributed by atoms with Crippen molar-refractivity contribution in [1.29, 1.82) is 0 Å². The second kappa shape index (κ2) is 5.16. The first-order valence-electron chi connectivity index (χ1n) is 7.57. The van der Waals surface area contributed by atoms with Gasteiger partial charge in [-0.05, 0) is 49.4 Å². The number of aryl methyl sites for hydroxylation is 4. The van der Waals surface area contributed by atoms with Crippen LogP contribution in [-0.2, 0) is 11.2 Å². The number of rotatable bonds is 2. The molecule has 0 aromatic heterocycles. The summed E-state index contributed by atoms with van der Waals surface area (Å²) in [5, 5.41) is 10.1. The number of ether oxygens (including phenoxy) is 1. The quantitative estimate of drug-likeness (QED) is 0.674. The number of hydrogen-bond donors (Lipinski definition) is 1. The number of phenolic OH excluding ortho intramolecular Hbond substituents is 1. The highest BCUT2D eigenvalue weighted by molar-refractivity contribution is 5.90. The number of esters is 1. The summed E-state index contributed by atoms with van der Waals surface area (Å²) in [6.45, 7) is 7.84. The molecule has 2 aromatic carbocycles. The van der Waals surface area contributed by atoms with Crippen molar-refractivity contribution in [1.82, 2.24) is 0 Å². The Morgan fingerprint density at radius 2 is 1.82 bits per heavy atom. The molecule has 1 N–H and O–H groups in total. The predicted molar refractivity (Wildman–Crippen MR) is 85.6 cm³/mol. The molecule has 1 aliphatic rings. The summed E-state index contributed by atoms with van der Waals surface area (Å²) in [6.07, 6.45) is 0.724. The highest BCUT2D eigenvalue weighted by Gasteiger charge is 2.36. The highest BCUT2D eigenvalue weighted by atomic mass is 16.5. The minimum absolute atomic E-state index is 0.240. The summed E-state index contributed by atoms with van der Waals surface area (Å²) in [6, 6.07) is 7.84. The summed E-state index contributed by atoms with van der Waals surface area (Å²) < 4.78 is 5.50. The zero-order valence-corrected chi connectivity index (χ0v) is 13.4. The monoisotopic (exact) mass is 296 g/mol. The van der Waals surface area contributed by atoms with Gasteiger partial charge >= 0.3 is 5.97 Å². The van der Waals surface area contributed by atoms with Gasteiger partial charge in [-0.2, -0.15) is 0 Å². The SMILES string of the molecule is CCc1cc(C2C(=O)Oc3c(C)cc(C)cc32)cc(C)c1O. The second-order valence-electron chi connectivity index (χ2n) is 6.05. The Hall–Kier alpha value is -2.29. The highest BCUT2D eigenvalue weighted by Crippen LogP contribution is 2.43. The van der Waals surface area contributed by atoms with Gasteiger partial charge < -0.3 is 9.84 Å². The van der Waals surface area contributed by atoms with Gasteiger partial charge in [-0.1, -0.05) is 36.8 Å². The molecule has 114 valence electrons. The van der Waals surface area contributed by atoms with E-state index in [-0.39, 0.29) is 5.97 Å². The molecule has 0 fully saturated rings. The Balaban J connectivity index is 2.19. The van der Waals surface area contributed by atoms with E-state index in [0.717, 1.165) is 39.8 Å². The molecule has 1 heterocycles. The smallest absolute Gasteiger partial charge is 0.323 e. The first-order chi connectivity index (χ1) is 10.4. The summed E-state index contributed by atoms with van der Waals surface area (Å²) in [4.78, 5) is 12.4. The van der Waals surface area contributed by atoms with Crippen molar-refractivity contribution >= 4 is 5.97 Å². The van der Waals surface area contributed by atoms with Crippen LogP contribution in [0.3, 0.4) is 0 Å². The van der Waals surface area contributed by atoms with Gasteiger partial charge in [0.2, 0.25) is 0 Å². The maximum atomic E-state index is 12.4. The van der Waals surface area contributed by atoms with E-state index in [1.54, 1.807) is 0 Å². The lowest BCUT2D eigenvalue weighted by Gasteiger charge is -2.13. The van der Waals surface area contributed by atoms with Gasteiger partial charge in [0, 0.05) is 5.56 Å². The molecule has 3 heteroatoms. The maximum absolute atomic E-state index is 12.4. The van der Waals surface area contributed by atoms with Gasteiger partial charge in [0.1, 0.15) is 17.4 Å².